The van der Waals surface area contributed by atoms with Crippen molar-refractivity contribution in [1.82, 2.24) is 15.0 Å². The fourth-order valence-electron chi connectivity index (χ4n) is 3.73. The van der Waals surface area contributed by atoms with E-state index in [0.717, 1.165) is 37.7 Å². The van der Waals surface area contributed by atoms with E-state index in [4.69, 9.17) is 16.1 Å². The van der Waals surface area contributed by atoms with Gasteiger partial charge >= 0.3 is 0 Å². The molecule has 0 radical (unpaired) electrons. The highest BCUT2D eigenvalue weighted by molar-refractivity contribution is 6.30. The lowest BCUT2D eigenvalue weighted by Gasteiger charge is -2.33. The summed E-state index contributed by atoms with van der Waals surface area (Å²) < 4.78 is 19.7. The second-order valence-electron chi connectivity index (χ2n) is 7.22. The van der Waals surface area contributed by atoms with Crippen LogP contribution in [0.15, 0.2) is 53.1 Å². The zero-order chi connectivity index (χ0) is 20.2. The molecule has 150 valence electrons. The van der Waals surface area contributed by atoms with Crippen LogP contribution in [-0.2, 0) is 6.54 Å². The van der Waals surface area contributed by atoms with Gasteiger partial charge in [-0.3, -0.25) is 4.79 Å². The van der Waals surface area contributed by atoms with Crippen LogP contribution < -0.4 is 0 Å². The maximum absolute atomic E-state index is 14.3. The van der Waals surface area contributed by atoms with E-state index in [1.807, 2.05) is 0 Å². The Kier molecular flexibility index (Phi) is 5.90. The summed E-state index contributed by atoms with van der Waals surface area (Å²) in [5.74, 6) is -0.115. The summed E-state index contributed by atoms with van der Waals surface area (Å²) in [6.07, 6.45) is 5.02. The molecule has 4 rings (SSSR count). The molecule has 7 heteroatoms. The molecule has 0 unspecified atom stereocenters. The summed E-state index contributed by atoms with van der Waals surface area (Å²) in [7, 11) is 0. The first-order chi connectivity index (χ1) is 14.1. The predicted octanol–water partition coefficient (Wildman–Crippen LogP) is 5.50. The molecule has 0 spiro atoms. The van der Waals surface area contributed by atoms with E-state index in [-0.39, 0.29) is 24.1 Å². The van der Waals surface area contributed by atoms with Gasteiger partial charge in [0.05, 0.1) is 5.56 Å². The SMILES string of the molecule is O=C(c1ccccc1F)N(Cc1nc(-c2ccc(Cl)cc2)no1)C1CCCCC1. The van der Waals surface area contributed by atoms with Crippen LogP contribution >= 0.6 is 11.6 Å². The minimum Gasteiger partial charge on any atom is -0.337 e. The summed E-state index contributed by atoms with van der Waals surface area (Å²) >= 11 is 5.93. The van der Waals surface area contributed by atoms with E-state index in [1.54, 1.807) is 41.3 Å². The summed E-state index contributed by atoms with van der Waals surface area (Å²) in [5.41, 5.74) is 0.838. The number of hydrogen-bond acceptors (Lipinski definition) is 4. The average Bonchev–Trinajstić information content (AvgIpc) is 3.22. The lowest BCUT2D eigenvalue weighted by molar-refractivity contribution is 0.0581. The maximum Gasteiger partial charge on any atom is 0.257 e. The van der Waals surface area contributed by atoms with Crippen molar-refractivity contribution in [3.8, 4) is 11.4 Å². The zero-order valence-electron chi connectivity index (χ0n) is 15.9. The Morgan fingerprint density at radius 2 is 1.83 bits per heavy atom. The van der Waals surface area contributed by atoms with E-state index >= 15 is 0 Å². The van der Waals surface area contributed by atoms with E-state index in [1.165, 1.54) is 12.1 Å². The van der Waals surface area contributed by atoms with Gasteiger partial charge in [-0.15, -0.1) is 0 Å². The summed E-state index contributed by atoms with van der Waals surface area (Å²) in [6, 6.07) is 13.2. The lowest BCUT2D eigenvalue weighted by Crippen LogP contribution is -2.41. The van der Waals surface area contributed by atoms with Gasteiger partial charge in [0.1, 0.15) is 12.4 Å². The standard InChI is InChI=1S/C22H21ClFN3O2/c23-16-12-10-15(11-13-16)21-25-20(29-26-21)14-27(17-6-2-1-3-7-17)22(28)18-8-4-5-9-19(18)24/h4-5,8-13,17H,1-3,6-7,14H2. The molecule has 1 aliphatic carbocycles. The van der Waals surface area contributed by atoms with Gasteiger partial charge in [-0.1, -0.05) is 48.2 Å². The van der Waals surface area contributed by atoms with Gasteiger partial charge in [0.25, 0.3) is 5.91 Å². The van der Waals surface area contributed by atoms with Crippen LogP contribution in [0.25, 0.3) is 11.4 Å². The van der Waals surface area contributed by atoms with E-state index in [2.05, 4.69) is 10.1 Å². The number of aromatic nitrogens is 2. The second-order valence-corrected chi connectivity index (χ2v) is 7.66. The summed E-state index contributed by atoms with van der Waals surface area (Å²) in [6.45, 7) is 0.151. The van der Waals surface area contributed by atoms with Crippen LogP contribution in [0.3, 0.4) is 0 Å². The molecule has 3 aromatic rings. The first-order valence-corrected chi connectivity index (χ1v) is 10.1. The molecule has 0 atom stereocenters. The number of nitrogens with zero attached hydrogens (tertiary/aromatic N) is 3. The first kappa shape index (κ1) is 19.6. The molecule has 1 aliphatic rings. The fourth-order valence-corrected chi connectivity index (χ4v) is 3.86. The minimum absolute atomic E-state index is 0.0294. The number of rotatable bonds is 5. The number of hydrogen-bond donors (Lipinski definition) is 0. The molecule has 0 N–H and O–H groups in total. The van der Waals surface area contributed by atoms with E-state index in [9.17, 15) is 9.18 Å². The molecule has 0 bridgehead atoms. The van der Waals surface area contributed by atoms with Crippen LogP contribution in [-0.4, -0.2) is 27.0 Å². The number of halogens is 2. The Hall–Kier alpha value is -2.73. The smallest absolute Gasteiger partial charge is 0.257 e. The van der Waals surface area contributed by atoms with Gasteiger partial charge in [-0.25, -0.2) is 4.39 Å². The Balaban J connectivity index is 1.59. The molecule has 5 nitrogen and oxygen atoms in total. The number of amides is 1. The lowest BCUT2D eigenvalue weighted by atomic mass is 9.93. The van der Waals surface area contributed by atoms with Crippen molar-refractivity contribution < 1.29 is 13.7 Å². The van der Waals surface area contributed by atoms with Gasteiger partial charge in [0.2, 0.25) is 11.7 Å². The highest BCUT2D eigenvalue weighted by Crippen LogP contribution is 2.27. The molecule has 0 saturated heterocycles. The van der Waals surface area contributed by atoms with Gasteiger partial charge in [0.15, 0.2) is 0 Å². The van der Waals surface area contributed by atoms with Crippen LogP contribution in [0.2, 0.25) is 5.02 Å². The summed E-state index contributed by atoms with van der Waals surface area (Å²) in [4.78, 5) is 19.3. The van der Waals surface area contributed by atoms with Crippen molar-refractivity contribution in [2.24, 2.45) is 0 Å². The second kappa shape index (κ2) is 8.74. The molecule has 1 saturated carbocycles. The molecule has 1 amide bonds. The third-order valence-corrected chi connectivity index (χ3v) is 5.51. The van der Waals surface area contributed by atoms with E-state index < -0.39 is 5.82 Å². The Labute approximate surface area is 173 Å². The fraction of sp³-hybridized carbons (Fsp3) is 0.318. The van der Waals surface area contributed by atoms with Crippen molar-refractivity contribution in [3.05, 3.63) is 70.8 Å². The largest absolute Gasteiger partial charge is 0.337 e. The van der Waals surface area contributed by atoms with Gasteiger partial charge in [-0.2, -0.15) is 4.98 Å². The molecule has 1 fully saturated rings. The van der Waals surface area contributed by atoms with Gasteiger partial charge in [0, 0.05) is 16.6 Å². The van der Waals surface area contributed by atoms with Crippen molar-refractivity contribution in [3.63, 3.8) is 0 Å². The molecule has 0 aliphatic heterocycles. The molecular weight excluding hydrogens is 393 g/mol. The molecule has 1 heterocycles. The normalized spacial score (nSPS) is 14.7. The number of carbonyl (C=O) groups excluding carboxylic acids is 1. The van der Waals surface area contributed by atoms with Crippen LogP contribution in [0.4, 0.5) is 4.39 Å². The number of benzene rings is 2. The first-order valence-electron chi connectivity index (χ1n) is 9.76. The average molecular weight is 414 g/mol. The van der Waals surface area contributed by atoms with Crippen LogP contribution in [0, 0.1) is 5.82 Å². The quantitative estimate of drug-likeness (QED) is 0.553. The Morgan fingerprint density at radius 3 is 2.55 bits per heavy atom. The zero-order valence-corrected chi connectivity index (χ0v) is 16.6. The Morgan fingerprint density at radius 1 is 1.10 bits per heavy atom. The highest BCUT2D eigenvalue weighted by atomic mass is 35.5. The Bertz CT molecular complexity index is 984. The van der Waals surface area contributed by atoms with Crippen LogP contribution in [0.5, 0.6) is 0 Å². The highest BCUT2D eigenvalue weighted by Gasteiger charge is 2.29. The topological polar surface area (TPSA) is 59.2 Å². The molecule has 29 heavy (non-hydrogen) atoms. The van der Waals surface area contributed by atoms with Crippen molar-refractivity contribution in [2.45, 2.75) is 44.7 Å². The predicted molar refractivity (Wildman–Crippen MR) is 108 cm³/mol. The molecule has 1 aromatic heterocycles. The third-order valence-electron chi connectivity index (χ3n) is 5.26. The van der Waals surface area contributed by atoms with E-state index in [0.29, 0.717) is 16.7 Å². The minimum atomic E-state index is -0.523. The van der Waals surface area contributed by atoms with Crippen molar-refractivity contribution >= 4 is 17.5 Å². The van der Waals surface area contributed by atoms with Gasteiger partial charge in [-0.05, 0) is 49.2 Å². The third kappa shape index (κ3) is 4.48. The summed E-state index contributed by atoms with van der Waals surface area (Å²) in [5, 5.41) is 4.64. The van der Waals surface area contributed by atoms with Gasteiger partial charge < -0.3 is 9.42 Å². The molecular formula is C22H21ClFN3O2. The maximum atomic E-state index is 14.3. The molecule has 2 aromatic carbocycles. The monoisotopic (exact) mass is 413 g/mol. The van der Waals surface area contributed by atoms with Crippen molar-refractivity contribution in [2.75, 3.05) is 0 Å². The number of carbonyl (C=O) groups is 1. The van der Waals surface area contributed by atoms with Crippen molar-refractivity contribution in [1.29, 1.82) is 0 Å². The van der Waals surface area contributed by atoms with Crippen LogP contribution in [0.1, 0.15) is 48.4 Å².